The first-order chi connectivity index (χ1) is 17.9. The Balaban J connectivity index is 1.20. The topological polar surface area (TPSA) is 58.2 Å². The molecule has 0 aromatic heterocycles. The molecular weight excluding hydrogens is 456 g/mol. The molecule has 8 atom stereocenters. The molecule has 2 aromatic carbocycles. The number of fused-ring (bicyclic) bond motifs is 5. The highest BCUT2D eigenvalue weighted by molar-refractivity contribution is 5.80. The van der Waals surface area contributed by atoms with Gasteiger partial charge in [-0.2, -0.15) is 0 Å². The Bertz CT molecular complexity index is 1130. The Morgan fingerprint density at radius 1 is 0.892 bits per heavy atom. The van der Waals surface area contributed by atoms with Gasteiger partial charge in [-0.3, -0.25) is 9.59 Å². The summed E-state index contributed by atoms with van der Waals surface area (Å²) >= 11 is 0. The van der Waals surface area contributed by atoms with Gasteiger partial charge in [-0.25, -0.2) is 0 Å². The van der Waals surface area contributed by atoms with E-state index in [-0.39, 0.29) is 34.6 Å². The summed E-state index contributed by atoms with van der Waals surface area (Å²) in [4.78, 5) is 26.1. The van der Waals surface area contributed by atoms with Crippen LogP contribution in [0.5, 0.6) is 0 Å². The summed E-state index contributed by atoms with van der Waals surface area (Å²) in [7, 11) is 0. The first-order valence-electron chi connectivity index (χ1n) is 14.6. The molecule has 3 unspecified atom stereocenters. The summed E-state index contributed by atoms with van der Waals surface area (Å²) in [6.07, 6.45) is 9.28. The average Bonchev–Trinajstić information content (AvgIpc) is 3.27. The van der Waals surface area contributed by atoms with E-state index in [1.807, 2.05) is 12.1 Å². The minimum atomic E-state index is -0.0183. The average molecular weight is 499 g/mol. The summed E-state index contributed by atoms with van der Waals surface area (Å²) in [6, 6.07) is 21.3. The number of rotatable bonds is 5. The van der Waals surface area contributed by atoms with E-state index in [1.54, 1.807) is 0 Å². The van der Waals surface area contributed by atoms with Gasteiger partial charge in [-0.05, 0) is 91.1 Å². The van der Waals surface area contributed by atoms with Crippen molar-refractivity contribution in [1.29, 1.82) is 0 Å². The lowest BCUT2D eigenvalue weighted by Gasteiger charge is -2.60. The van der Waals surface area contributed by atoms with E-state index in [4.69, 9.17) is 0 Å². The van der Waals surface area contributed by atoms with Crippen molar-refractivity contribution in [3.63, 3.8) is 0 Å². The summed E-state index contributed by atoms with van der Waals surface area (Å²) in [6.45, 7) is 4.88. The molecule has 1 heterocycles. The summed E-state index contributed by atoms with van der Waals surface area (Å²) in [5, 5.41) is 6.87. The predicted molar refractivity (Wildman–Crippen MR) is 147 cm³/mol. The monoisotopic (exact) mass is 498 g/mol. The van der Waals surface area contributed by atoms with Gasteiger partial charge in [0.25, 0.3) is 0 Å². The van der Waals surface area contributed by atoms with E-state index in [9.17, 15) is 9.59 Å². The second-order valence-corrected chi connectivity index (χ2v) is 12.9. The van der Waals surface area contributed by atoms with Crippen LogP contribution in [-0.2, 0) is 16.0 Å². The van der Waals surface area contributed by atoms with Gasteiger partial charge in [0.1, 0.15) is 0 Å². The Hall–Kier alpha value is -2.62. The molecule has 37 heavy (non-hydrogen) atoms. The first kappa shape index (κ1) is 24.7. The van der Waals surface area contributed by atoms with Crippen molar-refractivity contribution in [2.24, 2.45) is 34.5 Å². The predicted octanol–water partition coefficient (Wildman–Crippen LogP) is 6.22. The standard InChI is InChI=1S/C33H42N2O2/c1-32-19-17-26-24(13-16-29-33(26,2)20-18-30(36)35-29)25(32)14-15-27(32)31(37)34-28(23-11-7-4-8-12-23)21-22-9-5-3-6-10-22/h3-12,24-29H,13-21H2,1-2H3,(H,34,37)(H,35,36)/t24-,25-,26+,27?,28?,29?,32-,33+/m0/s1. The van der Waals surface area contributed by atoms with Crippen LogP contribution >= 0.6 is 0 Å². The molecule has 2 N–H and O–H groups in total. The number of nitrogens with one attached hydrogen (secondary N) is 2. The molecule has 3 aliphatic carbocycles. The fourth-order valence-electron chi connectivity index (χ4n) is 9.19. The maximum atomic E-state index is 14.0. The molecule has 6 rings (SSSR count). The number of amides is 2. The zero-order chi connectivity index (χ0) is 25.6. The Morgan fingerprint density at radius 3 is 2.35 bits per heavy atom. The number of carbonyl (C=O) groups excluding carboxylic acids is 2. The Kier molecular flexibility index (Phi) is 6.41. The molecule has 2 amide bonds. The summed E-state index contributed by atoms with van der Waals surface area (Å²) in [5.41, 5.74) is 2.71. The van der Waals surface area contributed by atoms with Crippen LogP contribution in [0.15, 0.2) is 60.7 Å². The van der Waals surface area contributed by atoms with E-state index in [2.05, 4.69) is 73.0 Å². The maximum Gasteiger partial charge on any atom is 0.224 e. The van der Waals surface area contributed by atoms with Crippen molar-refractivity contribution in [2.75, 3.05) is 0 Å². The minimum Gasteiger partial charge on any atom is -0.353 e. The number of hydrogen-bond acceptors (Lipinski definition) is 2. The van der Waals surface area contributed by atoms with Gasteiger partial charge < -0.3 is 10.6 Å². The Morgan fingerprint density at radius 2 is 1.59 bits per heavy atom. The smallest absolute Gasteiger partial charge is 0.224 e. The van der Waals surface area contributed by atoms with Gasteiger partial charge >= 0.3 is 0 Å². The van der Waals surface area contributed by atoms with Crippen LogP contribution in [0.2, 0.25) is 0 Å². The van der Waals surface area contributed by atoms with Crippen LogP contribution in [-0.4, -0.2) is 17.9 Å². The molecule has 4 heteroatoms. The number of carbonyl (C=O) groups is 2. The van der Waals surface area contributed by atoms with E-state index in [0.717, 1.165) is 38.5 Å². The molecule has 1 saturated heterocycles. The van der Waals surface area contributed by atoms with Crippen molar-refractivity contribution in [1.82, 2.24) is 10.6 Å². The maximum absolute atomic E-state index is 14.0. The minimum absolute atomic E-state index is 0.0183. The molecule has 4 fully saturated rings. The van der Waals surface area contributed by atoms with Crippen molar-refractivity contribution >= 4 is 11.8 Å². The zero-order valence-electron chi connectivity index (χ0n) is 22.4. The van der Waals surface area contributed by atoms with Gasteiger partial charge in [0, 0.05) is 18.4 Å². The lowest BCUT2D eigenvalue weighted by atomic mass is 9.47. The number of piperidine rings is 1. The van der Waals surface area contributed by atoms with Gasteiger partial charge in [0.15, 0.2) is 0 Å². The molecule has 196 valence electrons. The van der Waals surface area contributed by atoms with E-state index in [1.165, 1.54) is 24.0 Å². The highest BCUT2D eigenvalue weighted by atomic mass is 16.2. The van der Waals surface area contributed by atoms with Crippen LogP contribution in [0, 0.1) is 34.5 Å². The van der Waals surface area contributed by atoms with Crippen LogP contribution in [0.4, 0.5) is 0 Å². The molecule has 0 spiro atoms. The normalized spacial score (nSPS) is 37.5. The first-order valence-corrected chi connectivity index (χ1v) is 14.6. The van der Waals surface area contributed by atoms with Gasteiger partial charge in [-0.1, -0.05) is 74.5 Å². The van der Waals surface area contributed by atoms with Crippen molar-refractivity contribution in [3.05, 3.63) is 71.8 Å². The molecule has 2 aromatic rings. The number of benzene rings is 2. The van der Waals surface area contributed by atoms with Gasteiger partial charge in [0.2, 0.25) is 11.8 Å². The van der Waals surface area contributed by atoms with Crippen LogP contribution in [0.25, 0.3) is 0 Å². The highest BCUT2D eigenvalue weighted by Crippen LogP contribution is 2.65. The van der Waals surface area contributed by atoms with Crippen molar-refractivity contribution in [2.45, 2.75) is 83.7 Å². The molecule has 0 radical (unpaired) electrons. The fraction of sp³-hybridized carbons (Fsp3) is 0.576. The van der Waals surface area contributed by atoms with Gasteiger partial charge in [-0.15, -0.1) is 0 Å². The lowest BCUT2D eigenvalue weighted by molar-refractivity contribution is -0.142. The van der Waals surface area contributed by atoms with E-state index >= 15 is 0 Å². The van der Waals surface area contributed by atoms with Crippen molar-refractivity contribution in [3.8, 4) is 0 Å². The van der Waals surface area contributed by atoms with Crippen LogP contribution in [0.3, 0.4) is 0 Å². The number of hydrogen-bond donors (Lipinski definition) is 2. The van der Waals surface area contributed by atoms with Crippen LogP contribution < -0.4 is 10.6 Å². The van der Waals surface area contributed by atoms with Crippen molar-refractivity contribution < 1.29 is 9.59 Å². The van der Waals surface area contributed by atoms with E-state index < -0.39 is 0 Å². The largest absolute Gasteiger partial charge is 0.353 e. The molecule has 0 bridgehead atoms. The van der Waals surface area contributed by atoms with Crippen LogP contribution in [0.1, 0.15) is 82.4 Å². The lowest BCUT2D eigenvalue weighted by Crippen LogP contribution is -2.61. The molecule has 3 saturated carbocycles. The molecule has 4 aliphatic rings. The summed E-state index contributed by atoms with van der Waals surface area (Å²) in [5.74, 6) is 2.53. The molecular formula is C33H42N2O2. The SMILES string of the molecule is C[C@]12CCC(=O)NC1CC[C@@H]1[C@H]2CC[C@]2(C)C(C(=O)NC(Cc3ccccc3)c3ccccc3)CC[C@@H]12. The molecule has 1 aliphatic heterocycles. The third-order valence-corrected chi connectivity index (χ3v) is 11.2. The van der Waals surface area contributed by atoms with Gasteiger partial charge in [0.05, 0.1) is 6.04 Å². The molecule has 4 nitrogen and oxygen atoms in total. The quantitative estimate of drug-likeness (QED) is 0.514. The highest BCUT2D eigenvalue weighted by Gasteiger charge is 2.61. The van der Waals surface area contributed by atoms with E-state index in [0.29, 0.717) is 30.2 Å². The second kappa shape index (κ2) is 9.60. The fourth-order valence-corrected chi connectivity index (χ4v) is 9.19. The summed E-state index contributed by atoms with van der Waals surface area (Å²) < 4.78 is 0. The zero-order valence-corrected chi connectivity index (χ0v) is 22.4. The second-order valence-electron chi connectivity index (χ2n) is 12.9. The Labute approximate surface area is 222 Å². The third-order valence-electron chi connectivity index (χ3n) is 11.2. The third kappa shape index (κ3) is 4.30.